The maximum absolute atomic E-state index is 3.45. The van der Waals surface area contributed by atoms with Crippen molar-refractivity contribution in [1.82, 2.24) is 5.32 Å². The molecular weight excluding hydrogens is 170 g/mol. The molecule has 0 radical (unpaired) electrons. The Morgan fingerprint density at radius 3 is 2.43 bits per heavy atom. The Morgan fingerprint density at radius 1 is 1.07 bits per heavy atom. The van der Waals surface area contributed by atoms with Crippen molar-refractivity contribution in [1.29, 1.82) is 0 Å². The molecule has 0 amide bonds. The number of benzene rings is 1. The van der Waals surface area contributed by atoms with Crippen LogP contribution < -0.4 is 5.32 Å². The summed E-state index contributed by atoms with van der Waals surface area (Å²) < 4.78 is 0. The summed E-state index contributed by atoms with van der Waals surface area (Å²) >= 11 is 0. The second kappa shape index (κ2) is 2.83. The highest BCUT2D eigenvalue weighted by atomic mass is 15.0. The van der Waals surface area contributed by atoms with E-state index in [4.69, 9.17) is 0 Å². The molecule has 2 aliphatic rings. The molecule has 1 nitrogen and oxygen atoms in total. The lowest BCUT2D eigenvalue weighted by Crippen LogP contribution is -2.14. The minimum Gasteiger partial charge on any atom is -0.316 e. The predicted molar refractivity (Wildman–Crippen MR) is 58.5 cm³/mol. The summed E-state index contributed by atoms with van der Waals surface area (Å²) in [6, 6.07) is 6.98. The third-order valence-corrected chi connectivity index (χ3v) is 4.01. The molecule has 1 saturated heterocycles. The van der Waals surface area contributed by atoms with Crippen LogP contribution in [0.15, 0.2) is 18.2 Å². The van der Waals surface area contributed by atoms with E-state index in [0.717, 1.165) is 17.8 Å². The molecule has 3 rings (SSSR count). The summed E-state index contributed by atoms with van der Waals surface area (Å²) in [7, 11) is 0. The molecule has 2 unspecified atom stereocenters. The minimum absolute atomic E-state index is 0.871. The molecule has 1 heterocycles. The molecule has 1 N–H and O–H groups in total. The van der Waals surface area contributed by atoms with Gasteiger partial charge in [0.25, 0.3) is 0 Å². The first kappa shape index (κ1) is 8.49. The van der Waals surface area contributed by atoms with Gasteiger partial charge in [0.15, 0.2) is 0 Å². The normalized spacial score (nSPS) is 34.3. The van der Waals surface area contributed by atoms with Crippen molar-refractivity contribution in [2.75, 3.05) is 13.1 Å². The lowest BCUT2D eigenvalue weighted by Gasteiger charge is -2.07. The molecular formula is C13H17N. The Labute approximate surface area is 85.5 Å². The van der Waals surface area contributed by atoms with Crippen LogP contribution in [0.25, 0.3) is 0 Å². The van der Waals surface area contributed by atoms with Crippen molar-refractivity contribution in [2.24, 2.45) is 11.8 Å². The highest BCUT2D eigenvalue weighted by Gasteiger charge is 2.53. The van der Waals surface area contributed by atoms with Crippen LogP contribution in [-0.2, 0) is 0 Å². The third kappa shape index (κ3) is 1.12. The summed E-state index contributed by atoms with van der Waals surface area (Å²) in [6.07, 6.45) is 0. The van der Waals surface area contributed by atoms with Crippen molar-refractivity contribution < 1.29 is 0 Å². The molecule has 1 heteroatoms. The molecule has 1 saturated carbocycles. The highest BCUT2D eigenvalue weighted by molar-refractivity contribution is 5.36. The lowest BCUT2D eigenvalue weighted by atomic mass is 10.0. The fourth-order valence-corrected chi connectivity index (χ4v) is 2.88. The Morgan fingerprint density at radius 2 is 1.79 bits per heavy atom. The number of piperidine rings is 1. The fraction of sp³-hybridized carbons (Fsp3) is 0.538. The van der Waals surface area contributed by atoms with Gasteiger partial charge in [0.05, 0.1) is 0 Å². The summed E-state index contributed by atoms with van der Waals surface area (Å²) in [5.74, 6) is 2.75. The van der Waals surface area contributed by atoms with Gasteiger partial charge in [-0.1, -0.05) is 18.2 Å². The lowest BCUT2D eigenvalue weighted by molar-refractivity contribution is 0.684. The Balaban J connectivity index is 1.88. The minimum atomic E-state index is 0.871. The van der Waals surface area contributed by atoms with Crippen LogP contribution in [0.5, 0.6) is 0 Å². The van der Waals surface area contributed by atoms with Crippen molar-refractivity contribution in [3.63, 3.8) is 0 Å². The van der Waals surface area contributed by atoms with Gasteiger partial charge in [-0.3, -0.25) is 0 Å². The number of rotatable bonds is 1. The van der Waals surface area contributed by atoms with Gasteiger partial charge >= 0.3 is 0 Å². The van der Waals surface area contributed by atoms with Crippen LogP contribution >= 0.6 is 0 Å². The molecule has 0 bridgehead atoms. The number of nitrogens with one attached hydrogen (secondary N) is 1. The quantitative estimate of drug-likeness (QED) is 0.711. The number of aryl methyl sites for hydroxylation is 2. The van der Waals surface area contributed by atoms with Gasteiger partial charge in [-0.2, -0.15) is 0 Å². The van der Waals surface area contributed by atoms with E-state index in [9.17, 15) is 0 Å². The van der Waals surface area contributed by atoms with Crippen molar-refractivity contribution in [3.05, 3.63) is 34.9 Å². The Hall–Kier alpha value is -0.820. The highest BCUT2D eigenvalue weighted by Crippen LogP contribution is 2.55. The zero-order chi connectivity index (χ0) is 9.71. The number of hydrogen-bond acceptors (Lipinski definition) is 1. The van der Waals surface area contributed by atoms with Gasteiger partial charge in [-0.25, -0.2) is 0 Å². The average molecular weight is 187 g/mol. The van der Waals surface area contributed by atoms with Gasteiger partial charge in [-0.15, -0.1) is 0 Å². The van der Waals surface area contributed by atoms with Crippen molar-refractivity contribution in [2.45, 2.75) is 19.8 Å². The second-order valence-corrected chi connectivity index (χ2v) is 4.86. The van der Waals surface area contributed by atoms with E-state index in [1.165, 1.54) is 24.2 Å². The molecule has 1 aromatic rings. The average Bonchev–Trinajstić information content (AvgIpc) is 2.66. The van der Waals surface area contributed by atoms with E-state index >= 15 is 0 Å². The number of hydrogen-bond donors (Lipinski definition) is 1. The number of fused-ring (bicyclic) bond motifs is 1. The fourth-order valence-electron chi connectivity index (χ4n) is 2.88. The maximum atomic E-state index is 3.45. The summed E-state index contributed by atoms with van der Waals surface area (Å²) in [6.45, 7) is 6.88. The second-order valence-electron chi connectivity index (χ2n) is 4.86. The van der Waals surface area contributed by atoms with Crippen LogP contribution in [0.2, 0.25) is 0 Å². The largest absolute Gasteiger partial charge is 0.316 e. The van der Waals surface area contributed by atoms with E-state index in [0.29, 0.717) is 0 Å². The van der Waals surface area contributed by atoms with Crippen LogP contribution in [0, 0.1) is 25.7 Å². The van der Waals surface area contributed by atoms with E-state index in [2.05, 4.69) is 37.4 Å². The molecule has 2 fully saturated rings. The first-order chi connectivity index (χ1) is 6.77. The van der Waals surface area contributed by atoms with Gasteiger partial charge in [0, 0.05) is 0 Å². The van der Waals surface area contributed by atoms with Crippen LogP contribution in [0.3, 0.4) is 0 Å². The summed E-state index contributed by atoms with van der Waals surface area (Å²) in [4.78, 5) is 0. The predicted octanol–water partition coefficient (Wildman–Crippen LogP) is 2.24. The zero-order valence-corrected chi connectivity index (χ0v) is 8.88. The van der Waals surface area contributed by atoms with Crippen molar-refractivity contribution >= 4 is 0 Å². The molecule has 0 aromatic heterocycles. The first-order valence-electron chi connectivity index (χ1n) is 5.55. The Bertz CT molecular complexity index is 359. The Kier molecular flexibility index (Phi) is 1.72. The summed E-state index contributed by atoms with van der Waals surface area (Å²) in [5, 5.41) is 3.45. The van der Waals surface area contributed by atoms with E-state index in [1.807, 2.05) is 0 Å². The maximum Gasteiger partial charge on any atom is -0.00111 e. The van der Waals surface area contributed by atoms with Gasteiger partial charge in [0.1, 0.15) is 0 Å². The van der Waals surface area contributed by atoms with E-state index < -0.39 is 0 Å². The van der Waals surface area contributed by atoms with E-state index in [1.54, 1.807) is 5.56 Å². The monoisotopic (exact) mass is 187 g/mol. The van der Waals surface area contributed by atoms with Crippen LogP contribution in [0.1, 0.15) is 22.6 Å². The standard InChI is InChI=1S/C13H17N/c1-8-3-4-10(5-9(8)2)13-11-6-14-7-12(11)13/h3-5,11-14H,6-7H2,1-2H3. The topological polar surface area (TPSA) is 12.0 Å². The van der Waals surface area contributed by atoms with Gasteiger partial charge in [0.2, 0.25) is 0 Å². The van der Waals surface area contributed by atoms with E-state index in [-0.39, 0.29) is 0 Å². The molecule has 0 spiro atoms. The molecule has 1 aromatic carbocycles. The SMILES string of the molecule is Cc1ccc(C2C3CNCC32)cc1C. The van der Waals surface area contributed by atoms with Crippen LogP contribution in [0.4, 0.5) is 0 Å². The molecule has 2 atom stereocenters. The molecule has 74 valence electrons. The zero-order valence-electron chi connectivity index (χ0n) is 8.88. The molecule has 14 heavy (non-hydrogen) atoms. The van der Waals surface area contributed by atoms with Crippen molar-refractivity contribution in [3.8, 4) is 0 Å². The van der Waals surface area contributed by atoms with Crippen LogP contribution in [-0.4, -0.2) is 13.1 Å². The van der Waals surface area contributed by atoms with Gasteiger partial charge < -0.3 is 5.32 Å². The van der Waals surface area contributed by atoms with Gasteiger partial charge in [-0.05, 0) is 61.4 Å². The first-order valence-corrected chi connectivity index (χ1v) is 5.55. The molecule has 1 aliphatic carbocycles. The molecule has 1 aliphatic heterocycles. The third-order valence-electron chi connectivity index (χ3n) is 4.01. The smallest absolute Gasteiger partial charge is 0.00111 e. The summed E-state index contributed by atoms with van der Waals surface area (Å²) in [5.41, 5.74) is 4.43.